The average Bonchev–Trinajstić information content (AvgIpc) is 2.86. The molecule has 0 spiro atoms. The van der Waals surface area contributed by atoms with Gasteiger partial charge in [0.25, 0.3) is 5.91 Å². The average molecular weight is 246 g/mol. The number of rotatable bonds is 2. The van der Waals surface area contributed by atoms with Crippen LogP contribution in [0.15, 0.2) is 30.5 Å². The van der Waals surface area contributed by atoms with Gasteiger partial charge in [-0.15, -0.1) is 0 Å². The van der Waals surface area contributed by atoms with Crippen molar-refractivity contribution in [1.29, 1.82) is 0 Å². The number of benzene rings is 1. The Bertz CT molecular complexity index is 622. The Morgan fingerprint density at radius 1 is 1.44 bits per heavy atom. The number of carbonyl (C=O) groups excluding carboxylic acids is 1. The van der Waals surface area contributed by atoms with Gasteiger partial charge in [0.2, 0.25) is 0 Å². The van der Waals surface area contributed by atoms with E-state index in [2.05, 4.69) is 15.7 Å². The quantitative estimate of drug-likeness (QED) is 0.847. The molecule has 3 rings (SSSR count). The normalized spacial score (nSPS) is 17.4. The maximum Gasteiger partial charge on any atom is 0.251 e. The summed E-state index contributed by atoms with van der Waals surface area (Å²) < 4.78 is 14.8. The molecule has 0 aliphatic carbocycles. The SMILES string of the molecule is Cn1ccc(NC2C(=O)Nc3ccc(F)cc32)n1. The molecular formula is C12H11FN4O. The molecule has 0 fully saturated rings. The summed E-state index contributed by atoms with van der Waals surface area (Å²) in [6.07, 6.45) is 1.77. The minimum atomic E-state index is -0.606. The number of fused-ring (bicyclic) bond motifs is 1. The molecule has 0 radical (unpaired) electrons. The predicted octanol–water partition coefficient (Wildman–Crippen LogP) is 1.66. The van der Waals surface area contributed by atoms with E-state index < -0.39 is 6.04 Å². The van der Waals surface area contributed by atoms with Crippen LogP contribution in [0.2, 0.25) is 0 Å². The largest absolute Gasteiger partial charge is 0.353 e. The first-order valence-corrected chi connectivity index (χ1v) is 5.50. The number of hydrogen-bond acceptors (Lipinski definition) is 3. The van der Waals surface area contributed by atoms with Crippen LogP contribution in [0.4, 0.5) is 15.9 Å². The molecule has 0 saturated carbocycles. The van der Waals surface area contributed by atoms with Crippen molar-refractivity contribution in [3.63, 3.8) is 0 Å². The predicted molar refractivity (Wildman–Crippen MR) is 64.6 cm³/mol. The standard InChI is InChI=1S/C12H11FN4O/c1-17-5-4-10(16-17)15-11-8-6-7(13)2-3-9(8)14-12(11)18/h2-6,11H,1H3,(H,14,18)(H,15,16). The summed E-state index contributed by atoms with van der Waals surface area (Å²) in [7, 11) is 1.79. The van der Waals surface area contributed by atoms with Gasteiger partial charge in [-0.05, 0) is 18.2 Å². The Morgan fingerprint density at radius 3 is 3.00 bits per heavy atom. The van der Waals surface area contributed by atoms with Crippen LogP contribution in [0.1, 0.15) is 11.6 Å². The zero-order chi connectivity index (χ0) is 12.7. The highest BCUT2D eigenvalue weighted by Gasteiger charge is 2.31. The van der Waals surface area contributed by atoms with E-state index in [0.717, 1.165) is 0 Å². The number of anilines is 2. The Balaban J connectivity index is 1.93. The van der Waals surface area contributed by atoms with Crippen LogP contribution in [-0.4, -0.2) is 15.7 Å². The third-order valence-electron chi connectivity index (χ3n) is 2.85. The lowest BCUT2D eigenvalue weighted by Crippen LogP contribution is -2.20. The summed E-state index contributed by atoms with van der Waals surface area (Å²) in [4.78, 5) is 11.8. The molecule has 18 heavy (non-hydrogen) atoms. The number of nitrogens with one attached hydrogen (secondary N) is 2. The summed E-state index contributed by atoms with van der Waals surface area (Å²) in [6, 6.07) is 5.38. The summed E-state index contributed by atoms with van der Waals surface area (Å²) in [5.74, 6) is 0.00841. The Morgan fingerprint density at radius 2 is 2.28 bits per heavy atom. The van der Waals surface area contributed by atoms with Crippen LogP contribution >= 0.6 is 0 Å². The molecular weight excluding hydrogens is 235 g/mol. The third-order valence-corrected chi connectivity index (χ3v) is 2.85. The molecule has 1 unspecified atom stereocenters. The molecule has 5 nitrogen and oxygen atoms in total. The first kappa shape index (κ1) is 10.8. The lowest BCUT2D eigenvalue weighted by atomic mass is 10.1. The topological polar surface area (TPSA) is 59.0 Å². The van der Waals surface area contributed by atoms with Crippen molar-refractivity contribution in [2.24, 2.45) is 7.05 Å². The van der Waals surface area contributed by atoms with Gasteiger partial charge in [-0.1, -0.05) is 0 Å². The number of amides is 1. The van der Waals surface area contributed by atoms with Gasteiger partial charge in [0.05, 0.1) is 0 Å². The van der Waals surface area contributed by atoms with Crippen LogP contribution in [0.3, 0.4) is 0 Å². The van der Waals surface area contributed by atoms with Gasteiger partial charge in [0.15, 0.2) is 0 Å². The van der Waals surface area contributed by atoms with E-state index in [9.17, 15) is 9.18 Å². The van der Waals surface area contributed by atoms with Gasteiger partial charge < -0.3 is 10.6 Å². The highest BCUT2D eigenvalue weighted by atomic mass is 19.1. The first-order valence-electron chi connectivity index (χ1n) is 5.50. The fourth-order valence-electron chi connectivity index (χ4n) is 2.02. The molecule has 2 N–H and O–H groups in total. The van der Waals surface area contributed by atoms with Crippen LogP contribution in [0.5, 0.6) is 0 Å². The lowest BCUT2D eigenvalue weighted by Gasteiger charge is -2.10. The van der Waals surface area contributed by atoms with E-state index in [0.29, 0.717) is 17.1 Å². The van der Waals surface area contributed by atoms with Crippen molar-refractivity contribution in [3.05, 3.63) is 41.8 Å². The minimum Gasteiger partial charge on any atom is -0.353 e. The van der Waals surface area contributed by atoms with E-state index in [-0.39, 0.29) is 11.7 Å². The van der Waals surface area contributed by atoms with Crippen molar-refractivity contribution < 1.29 is 9.18 Å². The molecule has 0 saturated heterocycles. The monoisotopic (exact) mass is 246 g/mol. The molecule has 1 aromatic heterocycles. The van der Waals surface area contributed by atoms with Crippen molar-refractivity contribution in [1.82, 2.24) is 9.78 Å². The summed E-state index contributed by atoms with van der Waals surface area (Å²) >= 11 is 0. The van der Waals surface area contributed by atoms with Crippen LogP contribution < -0.4 is 10.6 Å². The van der Waals surface area contributed by atoms with E-state index in [4.69, 9.17) is 0 Å². The van der Waals surface area contributed by atoms with Crippen LogP contribution in [0.25, 0.3) is 0 Å². The molecule has 0 bridgehead atoms. The molecule has 92 valence electrons. The second-order valence-corrected chi connectivity index (χ2v) is 4.17. The maximum atomic E-state index is 13.2. The zero-order valence-electron chi connectivity index (χ0n) is 9.64. The molecule has 1 atom stereocenters. The van der Waals surface area contributed by atoms with E-state index in [1.807, 2.05) is 0 Å². The molecule has 1 amide bonds. The number of hydrogen-bond donors (Lipinski definition) is 2. The minimum absolute atomic E-state index is 0.207. The summed E-state index contributed by atoms with van der Waals surface area (Å²) in [5.41, 5.74) is 1.24. The van der Waals surface area contributed by atoms with Gasteiger partial charge in [-0.25, -0.2) is 4.39 Å². The number of nitrogens with zero attached hydrogens (tertiary/aromatic N) is 2. The molecule has 6 heteroatoms. The van der Waals surface area contributed by atoms with E-state index in [1.165, 1.54) is 12.1 Å². The van der Waals surface area contributed by atoms with Crippen molar-refractivity contribution in [2.45, 2.75) is 6.04 Å². The van der Waals surface area contributed by atoms with E-state index >= 15 is 0 Å². The van der Waals surface area contributed by atoms with Gasteiger partial charge in [0, 0.05) is 30.6 Å². The fourth-order valence-corrected chi connectivity index (χ4v) is 2.02. The highest BCUT2D eigenvalue weighted by molar-refractivity contribution is 6.04. The van der Waals surface area contributed by atoms with Crippen molar-refractivity contribution >= 4 is 17.4 Å². The van der Waals surface area contributed by atoms with Gasteiger partial charge in [0.1, 0.15) is 17.7 Å². The number of carbonyl (C=O) groups is 1. The smallest absolute Gasteiger partial charge is 0.251 e. The first-order chi connectivity index (χ1) is 8.63. The summed E-state index contributed by atoms with van der Waals surface area (Å²) in [5, 5.41) is 9.82. The summed E-state index contributed by atoms with van der Waals surface area (Å²) in [6.45, 7) is 0. The van der Waals surface area contributed by atoms with E-state index in [1.54, 1.807) is 30.1 Å². The second-order valence-electron chi connectivity index (χ2n) is 4.17. The number of aromatic nitrogens is 2. The fraction of sp³-hybridized carbons (Fsp3) is 0.167. The molecule has 1 aliphatic rings. The molecule has 1 aromatic carbocycles. The van der Waals surface area contributed by atoms with Crippen molar-refractivity contribution in [3.8, 4) is 0 Å². The van der Waals surface area contributed by atoms with Crippen LogP contribution in [-0.2, 0) is 11.8 Å². The molecule has 1 aliphatic heterocycles. The number of aryl methyl sites for hydroxylation is 1. The lowest BCUT2D eigenvalue weighted by molar-refractivity contribution is -0.116. The van der Waals surface area contributed by atoms with Crippen LogP contribution in [0, 0.1) is 5.82 Å². The highest BCUT2D eigenvalue weighted by Crippen LogP contribution is 2.33. The third kappa shape index (κ3) is 1.71. The molecule has 2 heterocycles. The van der Waals surface area contributed by atoms with Crippen molar-refractivity contribution in [2.75, 3.05) is 10.6 Å². The zero-order valence-corrected chi connectivity index (χ0v) is 9.64. The maximum absolute atomic E-state index is 13.2. The van der Waals surface area contributed by atoms with Gasteiger partial charge >= 0.3 is 0 Å². The Labute approximate surface area is 103 Å². The second kappa shape index (κ2) is 3.83. The Hall–Kier alpha value is -2.37. The molecule has 2 aromatic rings. The Kier molecular flexibility index (Phi) is 2.29. The van der Waals surface area contributed by atoms with Gasteiger partial charge in [-0.3, -0.25) is 9.48 Å². The number of halogens is 1. The van der Waals surface area contributed by atoms with Gasteiger partial charge in [-0.2, -0.15) is 5.10 Å².